The average Bonchev–Trinajstić information content (AvgIpc) is 2.24. The second-order valence-corrected chi connectivity index (χ2v) is 3.36. The molecule has 0 heterocycles. The van der Waals surface area contributed by atoms with Crippen molar-refractivity contribution in [3.8, 4) is 0 Å². The van der Waals surface area contributed by atoms with Gasteiger partial charge in [0, 0.05) is 4.90 Å². The molecule has 1 rings (SSSR count). The molecule has 0 saturated heterocycles. The van der Waals surface area contributed by atoms with Crippen molar-refractivity contribution in [2.24, 2.45) is 0 Å². The Kier molecular flexibility index (Phi) is 8.45. The van der Waals surface area contributed by atoms with Gasteiger partial charge in [0.25, 0.3) is 0 Å². The summed E-state index contributed by atoms with van der Waals surface area (Å²) in [6, 6.07) is 8.33. The summed E-state index contributed by atoms with van der Waals surface area (Å²) in [6.45, 7) is 7.69. The van der Waals surface area contributed by atoms with Crippen molar-refractivity contribution in [3.05, 3.63) is 42.5 Å². The molecule has 0 amide bonds. The fourth-order valence-corrected chi connectivity index (χ4v) is 1.26. The first-order chi connectivity index (χ1) is 6.83. The third-order valence-electron chi connectivity index (χ3n) is 1.81. The van der Waals surface area contributed by atoms with Gasteiger partial charge in [0.05, 0.1) is 0 Å². The summed E-state index contributed by atoms with van der Waals surface area (Å²) in [5, 5.41) is 0. The van der Waals surface area contributed by atoms with Crippen LogP contribution in [0.2, 0.25) is 0 Å². The number of hydrogen-bond donors (Lipinski definition) is 1. The number of benzene rings is 1. The Morgan fingerprint density at radius 3 is 2.29 bits per heavy atom. The first-order valence-corrected chi connectivity index (χ1v) is 5.66. The van der Waals surface area contributed by atoms with Crippen LogP contribution in [0.25, 0.3) is 0 Å². The van der Waals surface area contributed by atoms with E-state index in [0.29, 0.717) is 0 Å². The molecule has 0 aromatic heterocycles. The topological polar surface area (TPSA) is 0 Å². The van der Waals surface area contributed by atoms with E-state index in [4.69, 9.17) is 0 Å². The maximum Gasteiger partial charge on any atom is 0.00401 e. The Labute approximate surface area is 93.5 Å². The van der Waals surface area contributed by atoms with Crippen molar-refractivity contribution in [2.75, 3.05) is 0 Å². The van der Waals surface area contributed by atoms with Crippen molar-refractivity contribution in [1.82, 2.24) is 0 Å². The highest BCUT2D eigenvalue weighted by molar-refractivity contribution is 7.80. The van der Waals surface area contributed by atoms with Crippen LogP contribution in [0.15, 0.2) is 41.8 Å². The zero-order valence-electron chi connectivity index (χ0n) is 9.16. The fourth-order valence-electron chi connectivity index (χ4n) is 1.11. The van der Waals surface area contributed by atoms with Crippen LogP contribution in [0.1, 0.15) is 32.3 Å². The number of allylic oxidation sites excluding steroid dienone is 1. The summed E-state index contributed by atoms with van der Waals surface area (Å²) in [5.74, 6) is 0. The second-order valence-electron chi connectivity index (χ2n) is 2.85. The highest BCUT2D eigenvalue weighted by atomic mass is 32.1. The molecule has 1 aromatic rings. The van der Waals surface area contributed by atoms with Gasteiger partial charge >= 0.3 is 0 Å². The Bertz CT molecular complexity index is 236. The first kappa shape index (κ1) is 13.3. The van der Waals surface area contributed by atoms with Gasteiger partial charge in [-0.15, -0.1) is 19.2 Å². The highest BCUT2D eigenvalue weighted by Gasteiger charge is 1.91. The number of rotatable bonds is 4. The molecule has 0 aliphatic heterocycles. The van der Waals surface area contributed by atoms with Crippen molar-refractivity contribution >= 4 is 12.6 Å². The standard InChI is InChI=1S/C11H14S.C2H6/c1-2-3-4-5-10-6-8-11(12)9-7-10;1-2/h2,6-9,12H,1,3-5H2;1-2H3. The minimum Gasteiger partial charge on any atom is -0.143 e. The largest absolute Gasteiger partial charge is 0.143 e. The molecular weight excluding hydrogens is 188 g/mol. The number of thiol groups is 1. The van der Waals surface area contributed by atoms with Gasteiger partial charge in [-0.1, -0.05) is 32.1 Å². The number of aryl methyl sites for hydroxylation is 1. The number of hydrogen-bond acceptors (Lipinski definition) is 1. The second kappa shape index (κ2) is 8.89. The summed E-state index contributed by atoms with van der Waals surface area (Å²) in [7, 11) is 0. The SMILES string of the molecule is C=CCCCc1ccc(S)cc1.CC. The van der Waals surface area contributed by atoms with Gasteiger partial charge in [-0.05, 0) is 37.0 Å². The normalized spacial score (nSPS) is 8.79. The zero-order valence-corrected chi connectivity index (χ0v) is 10.1. The molecule has 0 saturated carbocycles. The van der Waals surface area contributed by atoms with Crippen LogP contribution in [0, 0.1) is 0 Å². The predicted octanol–water partition coefficient (Wildman–Crippen LogP) is 4.51. The molecule has 0 aliphatic rings. The fraction of sp³-hybridized carbons (Fsp3) is 0.385. The van der Waals surface area contributed by atoms with E-state index in [1.807, 2.05) is 32.1 Å². The van der Waals surface area contributed by atoms with Gasteiger partial charge in [0.2, 0.25) is 0 Å². The van der Waals surface area contributed by atoms with Gasteiger partial charge < -0.3 is 0 Å². The van der Waals surface area contributed by atoms with E-state index in [0.717, 1.165) is 17.7 Å². The lowest BCUT2D eigenvalue weighted by atomic mass is 10.1. The molecule has 0 unspecified atom stereocenters. The molecule has 1 heteroatoms. The molecule has 0 fully saturated rings. The van der Waals surface area contributed by atoms with Gasteiger partial charge in [-0.3, -0.25) is 0 Å². The van der Waals surface area contributed by atoms with Crippen molar-refractivity contribution in [2.45, 2.75) is 38.0 Å². The number of unbranched alkanes of at least 4 members (excludes halogenated alkanes) is 1. The van der Waals surface area contributed by atoms with Crippen molar-refractivity contribution in [3.63, 3.8) is 0 Å². The molecule has 78 valence electrons. The first-order valence-electron chi connectivity index (χ1n) is 5.22. The summed E-state index contributed by atoms with van der Waals surface area (Å²) in [5.41, 5.74) is 1.38. The Hall–Kier alpha value is -0.690. The monoisotopic (exact) mass is 208 g/mol. The van der Waals surface area contributed by atoms with E-state index in [2.05, 4.69) is 31.3 Å². The van der Waals surface area contributed by atoms with Gasteiger partial charge in [0.1, 0.15) is 0 Å². The molecule has 0 aliphatic carbocycles. The van der Waals surface area contributed by atoms with Crippen LogP contribution in [0.4, 0.5) is 0 Å². The van der Waals surface area contributed by atoms with Crippen LogP contribution in [0.5, 0.6) is 0 Å². The molecule has 0 spiro atoms. The Morgan fingerprint density at radius 1 is 1.21 bits per heavy atom. The van der Waals surface area contributed by atoms with E-state index < -0.39 is 0 Å². The molecule has 1 aromatic carbocycles. The molecular formula is C13H20S. The quantitative estimate of drug-likeness (QED) is 0.420. The maximum atomic E-state index is 4.22. The van der Waals surface area contributed by atoms with Gasteiger partial charge in [0.15, 0.2) is 0 Å². The summed E-state index contributed by atoms with van der Waals surface area (Å²) < 4.78 is 0. The molecule has 0 atom stereocenters. The molecule has 0 radical (unpaired) electrons. The summed E-state index contributed by atoms with van der Waals surface area (Å²) in [4.78, 5) is 1.03. The van der Waals surface area contributed by atoms with Crippen molar-refractivity contribution < 1.29 is 0 Å². The maximum absolute atomic E-state index is 4.22. The zero-order chi connectivity index (χ0) is 10.8. The summed E-state index contributed by atoms with van der Waals surface area (Å²) in [6.07, 6.45) is 5.39. The lowest BCUT2D eigenvalue weighted by Crippen LogP contribution is -1.83. The minimum atomic E-state index is 1.03. The van der Waals surface area contributed by atoms with Crippen molar-refractivity contribution in [1.29, 1.82) is 0 Å². The minimum absolute atomic E-state index is 1.03. The summed E-state index contributed by atoms with van der Waals surface area (Å²) >= 11 is 4.22. The van der Waals surface area contributed by atoms with E-state index in [9.17, 15) is 0 Å². The molecule has 0 nitrogen and oxygen atoms in total. The highest BCUT2D eigenvalue weighted by Crippen LogP contribution is 2.10. The van der Waals surface area contributed by atoms with E-state index in [-0.39, 0.29) is 0 Å². The van der Waals surface area contributed by atoms with Crippen LogP contribution < -0.4 is 0 Å². The molecule has 0 bridgehead atoms. The predicted molar refractivity (Wildman–Crippen MR) is 68.2 cm³/mol. The average molecular weight is 208 g/mol. The Morgan fingerprint density at radius 2 is 1.79 bits per heavy atom. The van der Waals surface area contributed by atoms with Crippen LogP contribution in [0.3, 0.4) is 0 Å². The van der Waals surface area contributed by atoms with Crippen LogP contribution >= 0.6 is 12.6 Å². The van der Waals surface area contributed by atoms with E-state index >= 15 is 0 Å². The van der Waals surface area contributed by atoms with Crippen LogP contribution in [-0.4, -0.2) is 0 Å². The third kappa shape index (κ3) is 5.87. The van der Waals surface area contributed by atoms with Gasteiger partial charge in [-0.2, -0.15) is 0 Å². The lowest BCUT2D eigenvalue weighted by molar-refractivity contribution is 0.843. The smallest absolute Gasteiger partial charge is 0.00401 e. The van der Waals surface area contributed by atoms with E-state index in [1.54, 1.807) is 0 Å². The lowest BCUT2D eigenvalue weighted by Gasteiger charge is -1.99. The van der Waals surface area contributed by atoms with E-state index in [1.165, 1.54) is 12.0 Å². The van der Waals surface area contributed by atoms with Crippen LogP contribution in [-0.2, 0) is 6.42 Å². The Balaban J connectivity index is 0.000000791. The third-order valence-corrected chi connectivity index (χ3v) is 2.11. The molecule has 0 N–H and O–H groups in total. The molecule has 14 heavy (non-hydrogen) atoms. The van der Waals surface area contributed by atoms with Gasteiger partial charge in [-0.25, -0.2) is 0 Å².